The molecule has 1 atom stereocenters. The molecular weight excluding hydrogens is 442 g/mol. The summed E-state index contributed by atoms with van der Waals surface area (Å²) in [5.74, 6) is 3.50. The van der Waals surface area contributed by atoms with Crippen LogP contribution >= 0.6 is 0 Å². The fraction of sp³-hybridized carbons (Fsp3) is 0.286. The molecule has 0 bridgehead atoms. The molecule has 5 rings (SSSR count). The molecule has 0 N–H and O–H groups in total. The summed E-state index contributed by atoms with van der Waals surface area (Å²) in [6, 6.07) is 23.4. The van der Waals surface area contributed by atoms with E-state index in [4.69, 9.17) is 19.2 Å². The average Bonchev–Trinajstić information content (AvgIpc) is 3.47. The smallest absolute Gasteiger partial charge is 0.227 e. The van der Waals surface area contributed by atoms with Crippen molar-refractivity contribution in [2.75, 3.05) is 32.3 Å². The van der Waals surface area contributed by atoms with Crippen LogP contribution in [0.25, 0.3) is 11.0 Å². The molecule has 1 amide bonds. The van der Waals surface area contributed by atoms with Gasteiger partial charge in [-0.25, -0.2) is 4.98 Å². The van der Waals surface area contributed by atoms with Gasteiger partial charge in [-0.1, -0.05) is 12.1 Å². The topological polar surface area (TPSA) is 65.8 Å². The number of benzene rings is 3. The Labute approximate surface area is 204 Å². The molecule has 0 spiro atoms. The minimum Gasteiger partial charge on any atom is -0.497 e. The van der Waals surface area contributed by atoms with Gasteiger partial charge in [0.25, 0.3) is 0 Å². The highest BCUT2D eigenvalue weighted by Crippen LogP contribution is 2.34. The standard InChI is InChI=1S/C28H29N3O4/c1-33-22-10-8-21(9-11-22)31-19-20(18-27(31)32)28-29-25-6-3-4-7-26(25)30(28)16-5-17-35-24-14-12-23(34-2)13-15-24/h3-4,6-15,20H,5,16-19H2,1-2H3/t20-/m1/s1. The second-order valence-corrected chi connectivity index (χ2v) is 8.59. The molecule has 0 aliphatic carbocycles. The van der Waals surface area contributed by atoms with Gasteiger partial charge in [-0.2, -0.15) is 0 Å². The number of aromatic nitrogens is 2. The molecule has 3 aromatic carbocycles. The molecule has 0 unspecified atom stereocenters. The van der Waals surface area contributed by atoms with Crippen LogP contribution in [0.15, 0.2) is 72.8 Å². The van der Waals surface area contributed by atoms with Gasteiger partial charge in [-0.3, -0.25) is 4.79 Å². The monoisotopic (exact) mass is 471 g/mol. The Morgan fingerprint density at radius 3 is 2.26 bits per heavy atom. The first kappa shape index (κ1) is 22.8. The van der Waals surface area contributed by atoms with Crippen molar-refractivity contribution in [1.82, 2.24) is 9.55 Å². The van der Waals surface area contributed by atoms with Gasteiger partial charge in [0.2, 0.25) is 5.91 Å². The summed E-state index contributed by atoms with van der Waals surface area (Å²) in [6.45, 7) is 1.95. The Hall–Kier alpha value is -4.00. The Bertz CT molecular complexity index is 1300. The van der Waals surface area contributed by atoms with Crippen LogP contribution in [0, 0.1) is 0 Å². The van der Waals surface area contributed by atoms with Crippen molar-refractivity contribution in [2.45, 2.75) is 25.3 Å². The zero-order chi connectivity index (χ0) is 24.2. The molecule has 2 heterocycles. The highest BCUT2D eigenvalue weighted by Gasteiger charge is 2.34. The van der Waals surface area contributed by atoms with Crippen LogP contribution in [0.1, 0.15) is 24.6 Å². The van der Waals surface area contributed by atoms with Gasteiger partial charge in [-0.05, 0) is 67.1 Å². The number of imidazole rings is 1. The molecule has 1 fully saturated rings. The summed E-state index contributed by atoms with van der Waals surface area (Å²) in [6.07, 6.45) is 1.26. The largest absolute Gasteiger partial charge is 0.497 e. The van der Waals surface area contributed by atoms with E-state index < -0.39 is 0 Å². The summed E-state index contributed by atoms with van der Waals surface area (Å²) >= 11 is 0. The third-order valence-electron chi connectivity index (χ3n) is 6.41. The van der Waals surface area contributed by atoms with Crippen molar-refractivity contribution in [3.8, 4) is 17.2 Å². The van der Waals surface area contributed by atoms with E-state index in [0.717, 1.165) is 52.8 Å². The van der Waals surface area contributed by atoms with Crippen LogP contribution in [-0.2, 0) is 11.3 Å². The van der Waals surface area contributed by atoms with Crippen molar-refractivity contribution in [3.05, 3.63) is 78.6 Å². The van der Waals surface area contributed by atoms with Crippen LogP contribution in [0.3, 0.4) is 0 Å². The van der Waals surface area contributed by atoms with Gasteiger partial charge in [-0.15, -0.1) is 0 Å². The number of carbonyl (C=O) groups is 1. The quantitative estimate of drug-likeness (QED) is 0.320. The summed E-state index contributed by atoms with van der Waals surface area (Å²) in [4.78, 5) is 19.7. The van der Waals surface area contributed by atoms with E-state index in [2.05, 4.69) is 10.6 Å². The van der Waals surface area contributed by atoms with E-state index in [1.165, 1.54) is 0 Å². The van der Waals surface area contributed by atoms with Gasteiger partial charge in [0.15, 0.2) is 0 Å². The maximum atomic E-state index is 12.9. The molecule has 0 radical (unpaired) electrons. The molecule has 7 heteroatoms. The third kappa shape index (κ3) is 4.80. The van der Waals surface area contributed by atoms with Gasteiger partial charge in [0, 0.05) is 31.1 Å². The highest BCUT2D eigenvalue weighted by molar-refractivity contribution is 5.96. The molecule has 4 aromatic rings. The maximum Gasteiger partial charge on any atom is 0.227 e. The lowest BCUT2D eigenvalue weighted by molar-refractivity contribution is -0.117. The zero-order valence-corrected chi connectivity index (χ0v) is 20.0. The van der Waals surface area contributed by atoms with E-state index >= 15 is 0 Å². The molecule has 180 valence electrons. The molecular formula is C28H29N3O4. The van der Waals surface area contributed by atoms with Crippen LogP contribution in [0.5, 0.6) is 17.2 Å². The van der Waals surface area contributed by atoms with E-state index in [-0.39, 0.29) is 11.8 Å². The molecule has 0 saturated carbocycles. The fourth-order valence-corrected chi connectivity index (χ4v) is 4.62. The van der Waals surface area contributed by atoms with Crippen molar-refractivity contribution in [1.29, 1.82) is 0 Å². The van der Waals surface area contributed by atoms with Crippen LogP contribution in [0.2, 0.25) is 0 Å². The Morgan fingerprint density at radius 2 is 1.54 bits per heavy atom. The van der Waals surface area contributed by atoms with E-state index in [1.807, 2.05) is 71.6 Å². The lowest BCUT2D eigenvalue weighted by Gasteiger charge is -2.18. The molecule has 35 heavy (non-hydrogen) atoms. The number of anilines is 1. The number of carbonyl (C=O) groups excluding carboxylic acids is 1. The van der Waals surface area contributed by atoms with Gasteiger partial charge >= 0.3 is 0 Å². The Kier molecular flexibility index (Phi) is 6.57. The predicted octanol–water partition coefficient (Wildman–Crippen LogP) is 5.04. The first-order valence-electron chi connectivity index (χ1n) is 11.8. The molecule has 1 saturated heterocycles. The van der Waals surface area contributed by atoms with Crippen molar-refractivity contribution in [3.63, 3.8) is 0 Å². The van der Waals surface area contributed by atoms with Gasteiger partial charge in [0.05, 0.1) is 31.9 Å². The lowest BCUT2D eigenvalue weighted by atomic mass is 10.1. The minimum atomic E-state index is 0.0273. The summed E-state index contributed by atoms with van der Waals surface area (Å²) in [7, 11) is 3.29. The number of ether oxygens (including phenoxy) is 3. The first-order chi connectivity index (χ1) is 17.2. The summed E-state index contributed by atoms with van der Waals surface area (Å²) in [5.41, 5.74) is 2.92. The first-order valence-corrected chi connectivity index (χ1v) is 11.8. The minimum absolute atomic E-state index is 0.0273. The van der Waals surface area contributed by atoms with Gasteiger partial charge in [0.1, 0.15) is 23.1 Å². The average molecular weight is 472 g/mol. The molecule has 7 nitrogen and oxygen atoms in total. The fourth-order valence-electron chi connectivity index (χ4n) is 4.62. The summed E-state index contributed by atoms with van der Waals surface area (Å²) in [5, 5.41) is 0. The van der Waals surface area contributed by atoms with Crippen LogP contribution in [0.4, 0.5) is 5.69 Å². The predicted molar refractivity (Wildman–Crippen MR) is 136 cm³/mol. The number of para-hydroxylation sites is 2. The Balaban J connectivity index is 1.31. The second-order valence-electron chi connectivity index (χ2n) is 8.59. The number of hydrogen-bond acceptors (Lipinski definition) is 5. The van der Waals surface area contributed by atoms with Crippen molar-refractivity contribution >= 4 is 22.6 Å². The Morgan fingerprint density at radius 1 is 0.886 bits per heavy atom. The highest BCUT2D eigenvalue weighted by atomic mass is 16.5. The maximum absolute atomic E-state index is 12.9. The second kappa shape index (κ2) is 10.1. The number of amides is 1. The SMILES string of the molecule is COc1ccc(OCCCn2c([C@@H]3CC(=O)N(c4ccc(OC)cc4)C3)nc3ccccc32)cc1. The summed E-state index contributed by atoms with van der Waals surface area (Å²) < 4.78 is 18.6. The normalized spacial score (nSPS) is 15.5. The number of hydrogen-bond donors (Lipinski definition) is 0. The van der Waals surface area contributed by atoms with E-state index in [0.29, 0.717) is 19.6 Å². The van der Waals surface area contributed by atoms with Crippen molar-refractivity contribution < 1.29 is 19.0 Å². The number of methoxy groups -OCH3 is 2. The van der Waals surface area contributed by atoms with Crippen LogP contribution < -0.4 is 19.1 Å². The van der Waals surface area contributed by atoms with Crippen molar-refractivity contribution in [2.24, 2.45) is 0 Å². The van der Waals surface area contributed by atoms with E-state index in [9.17, 15) is 4.79 Å². The molecule has 1 aromatic heterocycles. The number of nitrogens with zero attached hydrogens (tertiary/aromatic N) is 3. The third-order valence-corrected chi connectivity index (χ3v) is 6.41. The lowest BCUT2D eigenvalue weighted by Crippen LogP contribution is -2.24. The zero-order valence-electron chi connectivity index (χ0n) is 20.0. The molecule has 1 aliphatic rings. The van der Waals surface area contributed by atoms with Gasteiger partial charge < -0.3 is 23.7 Å². The van der Waals surface area contributed by atoms with Crippen LogP contribution in [-0.4, -0.2) is 42.8 Å². The van der Waals surface area contributed by atoms with E-state index in [1.54, 1.807) is 14.2 Å². The number of fused-ring (bicyclic) bond motifs is 1. The number of rotatable bonds is 9. The number of aryl methyl sites for hydroxylation is 1. The molecule has 1 aliphatic heterocycles.